The topological polar surface area (TPSA) is 127 Å². The van der Waals surface area contributed by atoms with Crippen LogP contribution in [0.25, 0.3) is 0 Å². The van der Waals surface area contributed by atoms with Gasteiger partial charge in [0, 0.05) is 19.1 Å². The van der Waals surface area contributed by atoms with Crippen molar-refractivity contribution >= 4 is 34.4 Å². The number of likely N-dealkylation sites (tertiary alicyclic amines) is 1. The van der Waals surface area contributed by atoms with Crippen LogP contribution < -0.4 is 0 Å². The zero-order valence-corrected chi connectivity index (χ0v) is 15.8. The van der Waals surface area contributed by atoms with Crippen LogP contribution in [0.3, 0.4) is 0 Å². The highest BCUT2D eigenvalue weighted by Gasteiger charge is 2.54. The van der Waals surface area contributed by atoms with Gasteiger partial charge in [0.1, 0.15) is 12.0 Å². The molecule has 0 spiro atoms. The van der Waals surface area contributed by atoms with Gasteiger partial charge in [-0.3, -0.25) is 24.6 Å². The van der Waals surface area contributed by atoms with E-state index in [0.717, 1.165) is 16.7 Å². The number of non-ortho nitro benzene ring substituents is 1. The maximum atomic E-state index is 12.3. The summed E-state index contributed by atoms with van der Waals surface area (Å²) in [6, 6.07) is 5.39. The van der Waals surface area contributed by atoms with Gasteiger partial charge in [-0.2, -0.15) is 0 Å². The molecule has 1 saturated heterocycles. The Morgan fingerprint density at radius 1 is 1.33 bits per heavy atom. The van der Waals surface area contributed by atoms with E-state index >= 15 is 0 Å². The minimum atomic E-state index is -1.82. The number of hydrogen-bond donors (Lipinski definition) is 1. The molecule has 27 heavy (non-hydrogen) atoms. The first-order valence-corrected chi connectivity index (χ1v) is 9.09. The average molecular weight is 396 g/mol. The first kappa shape index (κ1) is 20.8. The number of carbonyl (C=O) groups excluding carboxylic acids is 3. The van der Waals surface area contributed by atoms with Gasteiger partial charge in [-0.1, -0.05) is 25.6 Å². The number of aliphatic hydroxyl groups is 1. The molecule has 0 saturated carbocycles. The lowest BCUT2D eigenvalue weighted by Gasteiger charge is -2.49. The van der Waals surface area contributed by atoms with Crippen LogP contribution in [-0.4, -0.2) is 43.5 Å². The van der Waals surface area contributed by atoms with Gasteiger partial charge in [0.15, 0.2) is 5.12 Å². The summed E-state index contributed by atoms with van der Waals surface area (Å²) in [5.74, 6) is -1.95. The molecule has 9 nitrogen and oxygen atoms in total. The second kappa shape index (κ2) is 8.49. The van der Waals surface area contributed by atoms with Crippen LogP contribution in [0.2, 0.25) is 0 Å². The second-order valence-corrected chi connectivity index (χ2v) is 7.71. The van der Waals surface area contributed by atoms with E-state index in [1.54, 1.807) is 0 Å². The highest BCUT2D eigenvalue weighted by atomic mass is 32.2. The van der Waals surface area contributed by atoms with Crippen molar-refractivity contribution in [2.45, 2.75) is 39.0 Å². The van der Waals surface area contributed by atoms with Crippen LogP contribution in [0.1, 0.15) is 26.3 Å². The summed E-state index contributed by atoms with van der Waals surface area (Å²) in [4.78, 5) is 46.8. The molecule has 1 heterocycles. The van der Waals surface area contributed by atoms with Crippen molar-refractivity contribution in [3.8, 4) is 0 Å². The molecule has 10 heteroatoms. The van der Waals surface area contributed by atoms with Crippen LogP contribution in [0.15, 0.2) is 24.3 Å². The number of ether oxygens (including phenoxy) is 1. The van der Waals surface area contributed by atoms with Crippen molar-refractivity contribution in [2.24, 2.45) is 11.8 Å². The summed E-state index contributed by atoms with van der Waals surface area (Å²) >= 11 is 0.889. The van der Waals surface area contributed by atoms with Gasteiger partial charge in [-0.05, 0) is 23.6 Å². The normalized spacial score (nSPS) is 20.2. The van der Waals surface area contributed by atoms with E-state index in [0.29, 0.717) is 5.56 Å². The number of hydrogen-bond acceptors (Lipinski definition) is 8. The molecule has 0 radical (unpaired) electrons. The molecule has 0 aromatic heterocycles. The Bertz CT molecular complexity index is 750. The Hall–Kier alpha value is -2.46. The Kier molecular flexibility index (Phi) is 6.55. The zero-order valence-electron chi connectivity index (χ0n) is 15.0. The fourth-order valence-electron chi connectivity index (χ4n) is 2.74. The standard InChI is InChI=1S/C17H20N2O7S/c1-9(2)13-14(21)18(16(13)27-10(3)20)15(22)17(23)26-8-11-4-6-12(7-5-11)19(24)25/h4-7,9,13,15-16,22H,8H2,1-3H3. The summed E-state index contributed by atoms with van der Waals surface area (Å²) < 4.78 is 5.00. The van der Waals surface area contributed by atoms with Gasteiger partial charge in [0.05, 0.1) is 10.8 Å². The SMILES string of the molecule is CC(=O)SC1C(C(C)C)C(=O)N1C(O)C(=O)OCc1ccc([N+](=O)[O-])cc1. The third-order valence-corrected chi connectivity index (χ3v) is 5.22. The maximum absolute atomic E-state index is 12.3. The molecule has 0 bridgehead atoms. The molecule has 1 fully saturated rings. The highest BCUT2D eigenvalue weighted by molar-refractivity contribution is 8.14. The summed E-state index contributed by atoms with van der Waals surface area (Å²) in [7, 11) is 0. The number of esters is 1. The fourth-order valence-corrected chi connectivity index (χ4v) is 3.99. The van der Waals surface area contributed by atoms with Crippen molar-refractivity contribution in [3.63, 3.8) is 0 Å². The van der Waals surface area contributed by atoms with Gasteiger partial charge >= 0.3 is 5.97 Å². The molecule has 1 aromatic carbocycles. The van der Waals surface area contributed by atoms with Crippen molar-refractivity contribution in [2.75, 3.05) is 0 Å². The van der Waals surface area contributed by atoms with Gasteiger partial charge in [0.2, 0.25) is 12.1 Å². The Morgan fingerprint density at radius 2 is 1.93 bits per heavy atom. The van der Waals surface area contributed by atoms with Crippen LogP contribution in [0, 0.1) is 22.0 Å². The van der Waals surface area contributed by atoms with Crippen molar-refractivity contribution in [3.05, 3.63) is 39.9 Å². The Labute approximate surface area is 159 Å². The van der Waals surface area contributed by atoms with Crippen molar-refractivity contribution < 1.29 is 29.2 Å². The monoisotopic (exact) mass is 396 g/mol. The average Bonchev–Trinajstić information content (AvgIpc) is 2.58. The smallest absolute Gasteiger partial charge is 0.356 e. The predicted molar refractivity (Wildman–Crippen MR) is 96.1 cm³/mol. The number of rotatable bonds is 7. The summed E-state index contributed by atoms with van der Waals surface area (Å²) in [6.45, 7) is 4.79. The fraction of sp³-hybridized carbons (Fsp3) is 0.471. The number of aliphatic hydroxyl groups excluding tert-OH is 1. The first-order valence-electron chi connectivity index (χ1n) is 8.21. The van der Waals surface area contributed by atoms with Crippen molar-refractivity contribution in [1.29, 1.82) is 0 Å². The van der Waals surface area contributed by atoms with Crippen LogP contribution in [-0.2, 0) is 25.7 Å². The summed E-state index contributed by atoms with van der Waals surface area (Å²) in [6.07, 6.45) is -1.82. The Balaban J connectivity index is 1.99. The van der Waals surface area contributed by atoms with Gasteiger partial charge in [-0.15, -0.1) is 0 Å². The summed E-state index contributed by atoms with van der Waals surface area (Å²) in [5, 5.41) is 20.0. The molecule has 146 valence electrons. The minimum absolute atomic E-state index is 0.0473. The molecule has 1 N–H and O–H groups in total. The lowest BCUT2D eigenvalue weighted by atomic mass is 9.86. The second-order valence-electron chi connectivity index (χ2n) is 6.42. The van der Waals surface area contributed by atoms with Crippen molar-refractivity contribution in [1.82, 2.24) is 4.90 Å². The number of nitro benzene ring substituents is 1. The maximum Gasteiger partial charge on any atom is 0.356 e. The molecule has 1 aliphatic heterocycles. The van der Waals surface area contributed by atoms with Crippen LogP contribution in [0.4, 0.5) is 5.69 Å². The van der Waals surface area contributed by atoms with E-state index in [4.69, 9.17) is 4.74 Å². The molecule has 2 rings (SSSR count). The highest BCUT2D eigenvalue weighted by Crippen LogP contribution is 2.41. The number of nitro groups is 1. The van der Waals surface area contributed by atoms with E-state index in [1.165, 1.54) is 31.2 Å². The van der Waals surface area contributed by atoms with Gasteiger partial charge in [-0.25, -0.2) is 4.79 Å². The van der Waals surface area contributed by atoms with E-state index in [9.17, 15) is 29.6 Å². The number of β-lactam (4-membered cyclic amide) rings is 1. The predicted octanol–water partition coefficient (Wildman–Crippen LogP) is 1.68. The van der Waals surface area contributed by atoms with E-state index in [-0.39, 0.29) is 23.3 Å². The van der Waals surface area contributed by atoms with E-state index in [1.807, 2.05) is 13.8 Å². The number of benzene rings is 1. The van der Waals surface area contributed by atoms with Gasteiger partial charge < -0.3 is 9.84 Å². The van der Waals surface area contributed by atoms with E-state index in [2.05, 4.69) is 0 Å². The molecule has 0 aliphatic carbocycles. The molecule has 1 aliphatic rings. The third-order valence-electron chi connectivity index (χ3n) is 4.13. The molecule has 1 amide bonds. The molecule has 3 atom stereocenters. The van der Waals surface area contributed by atoms with Gasteiger partial charge in [0.25, 0.3) is 5.69 Å². The largest absolute Gasteiger partial charge is 0.457 e. The minimum Gasteiger partial charge on any atom is -0.457 e. The summed E-state index contributed by atoms with van der Waals surface area (Å²) in [5.41, 5.74) is 0.394. The van der Waals surface area contributed by atoms with Crippen LogP contribution >= 0.6 is 11.8 Å². The molecule has 3 unspecified atom stereocenters. The number of carbonyl (C=O) groups is 3. The third kappa shape index (κ3) is 4.64. The number of thioether (sulfide) groups is 1. The lowest BCUT2D eigenvalue weighted by molar-refractivity contribution is -0.384. The Morgan fingerprint density at radius 3 is 2.41 bits per heavy atom. The number of nitrogens with zero attached hydrogens (tertiary/aromatic N) is 2. The lowest BCUT2D eigenvalue weighted by Crippen LogP contribution is -2.66. The van der Waals surface area contributed by atoms with Crippen LogP contribution in [0.5, 0.6) is 0 Å². The van der Waals surface area contributed by atoms with E-state index < -0.39 is 34.3 Å². The quantitative estimate of drug-likeness (QED) is 0.319. The molecular weight excluding hydrogens is 376 g/mol. The molecule has 1 aromatic rings. The molecular formula is C17H20N2O7S. The zero-order chi connectivity index (χ0) is 20.3. The number of amides is 1. The first-order chi connectivity index (χ1) is 12.6.